The Bertz CT molecular complexity index is 1710. The number of nitriles is 4. The van der Waals surface area contributed by atoms with Crippen LogP contribution in [0.1, 0.15) is 72.6 Å². The van der Waals surface area contributed by atoms with Crippen LogP contribution < -0.4 is 5.32 Å². The van der Waals surface area contributed by atoms with E-state index >= 15 is 0 Å². The molecule has 0 aromatic heterocycles. The van der Waals surface area contributed by atoms with E-state index in [2.05, 4.69) is 28.9 Å². The number of nitrogens with one attached hydrogen (secondary N) is 1. The molecular formula is C37H43N7O5. The summed E-state index contributed by atoms with van der Waals surface area (Å²) in [7, 11) is 0. The van der Waals surface area contributed by atoms with Gasteiger partial charge in [0, 0.05) is 43.6 Å². The van der Waals surface area contributed by atoms with E-state index in [-0.39, 0.29) is 58.3 Å². The second kappa shape index (κ2) is 15.3. The summed E-state index contributed by atoms with van der Waals surface area (Å²) in [5.41, 5.74) is 1.58. The van der Waals surface area contributed by atoms with Crippen molar-refractivity contribution in [2.75, 3.05) is 39.4 Å². The maximum atomic E-state index is 13.2. The molecule has 1 atom stereocenters. The molecule has 2 fully saturated rings. The quantitative estimate of drug-likeness (QED) is 0.160. The van der Waals surface area contributed by atoms with E-state index in [0.717, 1.165) is 31.6 Å². The number of hydrogen-bond donors (Lipinski definition) is 1. The van der Waals surface area contributed by atoms with E-state index in [0.29, 0.717) is 62.0 Å². The highest BCUT2D eigenvalue weighted by Gasteiger charge is 2.39. The van der Waals surface area contributed by atoms with E-state index < -0.39 is 11.9 Å². The van der Waals surface area contributed by atoms with Gasteiger partial charge in [0.25, 0.3) is 0 Å². The Labute approximate surface area is 288 Å². The van der Waals surface area contributed by atoms with E-state index in [9.17, 15) is 35.4 Å². The monoisotopic (exact) mass is 665 g/mol. The third-order valence-electron chi connectivity index (χ3n) is 9.38. The lowest BCUT2D eigenvalue weighted by Crippen LogP contribution is -2.37. The molecule has 0 saturated carbocycles. The molecule has 0 radical (unpaired) electrons. The lowest BCUT2D eigenvalue weighted by Gasteiger charge is -2.37. The zero-order valence-corrected chi connectivity index (χ0v) is 28.8. The van der Waals surface area contributed by atoms with Crippen molar-refractivity contribution in [2.24, 2.45) is 10.8 Å². The highest BCUT2D eigenvalue weighted by atomic mass is 16.6. The van der Waals surface area contributed by atoms with E-state index in [4.69, 9.17) is 9.47 Å². The average Bonchev–Trinajstić information content (AvgIpc) is 3.76. The molecule has 12 nitrogen and oxygen atoms in total. The molecule has 1 amide bonds. The molecule has 1 N–H and O–H groups in total. The van der Waals surface area contributed by atoms with Crippen molar-refractivity contribution in [3.63, 3.8) is 0 Å². The number of allylic oxidation sites excluding steroid dienone is 6. The van der Waals surface area contributed by atoms with Crippen LogP contribution in [0.15, 0.2) is 57.5 Å². The summed E-state index contributed by atoms with van der Waals surface area (Å²) in [4.78, 5) is 42.4. The minimum absolute atomic E-state index is 0.130. The van der Waals surface area contributed by atoms with E-state index in [1.54, 1.807) is 0 Å². The molecule has 4 rings (SSSR count). The first-order valence-electron chi connectivity index (χ1n) is 16.6. The largest absolute Gasteiger partial charge is 0.458 e. The fourth-order valence-electron chi connectivity index (χ4n) is 7.18. The van der Waals surface area contributed by atoms with E-state index in [1.165, 1.54) is 6.08 Å². The highest BCUT2D eigenvalue weighted by Crippen LogP contribution is 2.46. The first kappa shape index (κ1) is 36.5. The molecule has 2 aliphatic carbocycles. The number of hydrogen-bond acceptors (Lipinski definition) is 11. The molecule has 2 saturated heterocycles. The molecule has 2 aliphatic heterocycles. The van der Waals surface area contributed by atoms with Crippen LogP contribution in [0, 0.1) is 56.2 Å². The minimum Gasteiger partial charge on any atom is -0.458 e. The number of nitrogens with zero attached hydrogens (tertiary/aromatic N) is 6. The van der Waals surface area contributed by atoms with Gasteiger partial charge in [-0.25, -0.2) is 9.59 Å². The van der Waals surface area contributed by atoms with Crippen LogP contribution in [-0.4, -0.2) is 73.1 Å². The SMILES string of the molecule is C=CC(=O)NC1CCN(C2=C(C#N)/C(=C(\C#N)C(=O)OCCOC(=O)/C(C#N)=C3\CC(C)(C)CC(N4CCCC4)=C3C#N)CC(C)(C)C2)C1. The topological polar surface area (TPSA) is 183 Å². The van der Waals surface area contributed by atoms with Gasteiger partial charge in [0.1, 0.15) is 48.6 Å². The second-order valence-corrected chi connectivity index (χ2v) is 14.4. The van der Waals surface area contributed by atoms with Crippen molar-refractivity contribution < 1.29 is 23.9 Å². The summed E-state index contributed by atoms with van der Waals surface area (Å²) in [6.07, 6.45) is 5.76. The van der Waals surface area contributed by atoms with Crippen LogP contribution in [-0.2, 0) is 23.9 Å². The van der Waals surface area contributed by atoms with Gasteiger partial charge in [0.15, 0.2) is 0 Å². The number of esters is 2. The number of carbonyl (C=O) groups excluding carboxylic acids is 3. The fourth-order valence-corrected chi connectivity index (χ4v) is 7.18. The molecule has 0 aromatic rings. The summed E-state index contributed by atoms with van der Waals surface area (Å²) >= 11 is 0. The Kier molecular flexibility index (Phi) is 11.4. The minimum atomic E-state index is -0.950. The molecule has 1 unspecified atom stereocenters. The maximum Gasteiger partial charge on any atom is 0.349 e. The summed E-state index contributed by atoms with van der Waals surface area (Å²) in [6.45, 7) is 13.5. The lowest BCUT2D eigenvalue weighted by molar-refractivity contribution is -0.146. The smallest absolute Gasteiger partial charge is 0.349 e. The lowest BCUT2D eigenvalue weighted by atomic mass is 9.72. The van der Waals surface area contributed by atoms with Crippen molar-refractivity contribution in [1.29, 1.82) is 21.0 Å². The van der Waals surface area contributed by atoms with Gasteiger partial charge in [-0.15, -0.1) is 0 Å². The van der Waals surface area contributed by atoms with Gasteiger partial charge in [0.05, 0.1) is 11.1 Å². The van der Waals surface area contributed by atoms with Gasteiger partial charge in [-0.2, -0.15) is 21.0 Å². The zero-order chi connectivity index (χ0) is 35.9. The van der Waals surface area contributed by atoms with Gasteiger partial charge < -0.3 is 24.6 Å². The van der Waals surface area contributed by atoms with Gasteiger partial charge in [-0.3, -0.25) is 4.79 Å². The van der Waals surface area contributed by atoms with Crippen LogP contribution in [0.5, 0.6) is 0 Å². The summed E-state index contributed by atoms with van der Waals surface area (Å²) in [5.74, 6) is -2.14. The average molecular weight is 666 g/mol. The molecule has 49 heavy (non-hydrogen) atoms. The first-order valence-corrected chi connectivity index (χ1v) is 16.6. The molecule has 0 spiro atoms. The molecular weight excluding hydrogens is 622 g/mol. The standard InChI is InChI=1S/C37H43N7O5/c1-6-33(45)42-24-9-12-44(23-24)32-18-37(4,5)16-26(28(32)20-39)30(22-41)35(47)49-14-13-48-34(46)29(21-40)25-15-36(2,3)17-31(27(25)19-38)43-10-7-8-11-43/h6,24H,1,7-18,23H2,2-5H3,(H,42,45)/b29-25+,30-26+. The van der Waals surface area contributed by atoms with Crippen molar-refractivity contribution in [2.45, 2.75) is 78.7 Å². The Morgan fingerprint density at radius 1 is 0.796 bits per heavy atom. The van der Waals surface area contributed by atoms with Crippen LogP contribution in [0.4, 0.5) is 0 Å². The molecule has 2 heterocycles. The van der Waals surface area contributed by atoms with Crippen LogP contribution in [0.25, 0.3) is 0 Å². The van der Waals surface area contributed by atoms with Crippen molar-refractivity contribution in [3.05, 3.63) is 57.5 Å². The predicted octanol–water partition coefficient (Wildman–Crippen LogP) is 4.38. The zero-order valence-electron chi connectivity index (χ0n) is 28.8. The highest BCUT2D eigenvalue weighted by molar-refractivity contribution is 5.96. The van der Waals surface area contributed by atoms with E-state index in [1.807, 2.05) is 44.7 Å². The molecule has 0 bridgehead atoms. The van der Waals surface area contributed by atoms with Crippen molar-refractivity contribution in [3.8, 4) is 24.3 Å². The van der Waals surface area contributed by atoms with Crippen LogP contribution in [0.3, 0.4) is 0 Å². The van der Waals surface area contributed by atoms with Gasteiger partial charge in [0.2, 0.25) is 5.91 Å². The molecule has 0 aromatic carbocycles. The third kappa shape index (κ3) is 8.40. The molecule has 256 valence electrons. The van der Waals surface area contributed by atoms with Gasteiger partial charge in [-0.05, 0) is 73.0 Å². The summed E-state index contributed by atoms with van der Waals surface area (Å²) in [5, 5.41) is 43.2. The van der Waals surface area contributed by atoms with Crippen molar-refractivity contribution in [1.82, 2.24) is 15.1 Å². The number of likely N-dealkylation sites (tertiary alicyclic amines) is 2. The Balaban J connectivity index is 1.50. The number of carbonyl (C=O) groups is 3. The number of ether oxygens (including phenoxy) is 2. The summed E-state index contributed by atoms with van der Waals surface area (Å²) < 4.78 is 10.7. The Morgan fingerprint density at radius 2 is 1.27 bits per heavy atom. The van der Waals surface area contributed by atoms with Crippen LogP contribution in [0.2, 0.25) is 0 Å². The Morgan fingerprint density at radius 3 is 1.69 bits per heavy atom. The van der Waals surface area contributed by atoms with Crippen LogP contribution >= 0.6 is 0 Å². The Hall–Kier alpha value is -5.33. The predicted molar refractivity (Wildman–Crippen MR) is 178 cm³/mol. The normalized spacial score (nSPS) is 23.4. The summed E-state index contributed by atoms with van der Waals surface area (Å²) in [6, 6.07) is 8.18. The van der Waals surface area contributed by atoms with Crippen molar-refractivity contribution >= 4 is 17.8 Å². The fraction of sp³-hybridized carbons (Fsp3) is 0.541. The second-order valence-electron chi connectivity index (χ2n) is 14.4. The van der Waals surface area contributed by atoms with Gasteiger partial charge >= 0.3 is 11.9 Å². The number of amides is 1. The molecule has 12 heteroatoms. The first-order chi connectivity index (χ1) is 23.3. The maximum absolute atomic E-state index is 13.2. The van der Waals surface area contributed by atoms with Gasteiger partial charge in [-0.1, -0.05) is 34.3 Å². The third-order valence-corrected chi connectivity index (χ3v) is 9.38. The molecule has 4 aliphatic rings. The number of rotatable bonds is 9.